The van der Waals surface area contributed by atoms with Gasteiger partial charge in [-0.05, 0) is 30.7 Å². The van der Waals surface area contributed by atoms with Crippen molar-refractivity contribution in [2.24, 2.45) is 0 Å². The van der Waals surface area contributed by atoms with E-state index >= 15 is 0 Å². The number of sulfonamides is 1. The smallest absolute Gasteiger partial charge is 0.262 e. The van der Waals surface area contributed by atoms with Crippen LogP contribution >= 0.6 is 0 Å². The maximum Gasteiger partial charge on any atom is 0.262 e. The first kappa shape index (κ1) is 20.4. The third-order valence-electron chi connectivity index (χ3n) is 4.21. The van der Waals surface area contributed by atoms with Crippen LogP contribution in [0, 0.1) is 0 Å². The normalized spacial score (nSPS) is 11.1. The van der Waals surface area contributed by atoms with Crippen LogP contribution < -0.4 is 19.8 Å². The van der Waals surface area contributed by atoms with Crippen molar-refractivity contribution in [2.75, 3.05) is 18.9 Å². The van der Waals surface area contributed by atoms with Crippen molar-refractivity contribution >= 4 is 15.7 Å². The number of nitrogens with one attached hydrogen (secondary N) is 2. The van der Waals surface area contributed by atoms with E-state index in [1.807, 2.05) is 6.92 Å². The lowest BCUT2D eigenvalue weighted by Crippen LogP contribution is -2.13. The van der Waals surface area contributed by atoms with Gasteiger partial charge in [-0.3, -0.25) is 9.52 Å². The standard InChI is InChI=1S/C20H21N3O5S/c1-4-14-11-19(24)22-20(21-14)13-6-5-7-15(10-13)23-29(25,26)16-8-9-17(27-2)18(12-16)28-3/h5-12,23H,4H2,1-3H3,(H,21,22,24). The number of aromatic amines is 1. The second kappa shape index (κ2) is 8.36. The number of hydrogen-bond donors (Lipinski definition) is 2. The molecule has 0 amide bonds. The molecule has 0 atom stereocenters. The molecule has 3 rings (SSSR count). The molecule has 3 aromatic rings. The van der Waals surface area contributed by atoms with Gasteiger partial charge in [-0.25, -0.2) is 13.4 Å². The van der Waals surface area contributed by atoms with Crippen LogP contribution in [-0.2, 0) is 16.4 Å². The molecule has 29 heavy (non-hydrogen) atoms. The number of anilines is 1. The number of ether oxygens (including phenoxy) is 2. The summed E-state index contributed by atoms with van der Waals surface area (Å²) in [5.74, 6) is 1.11. The van der Waals surface area contributed by atoms with Crippen LogP contribution in [0.15, 0.2) is 58.2 Å². The van der Waals surface area contributed by atoms with E-state index in [9.17, 15) is 13.2 Å². The second-order valence-corrected chi connectivity index (χ2v) is 7.82. The summed E-state index contributed by atoms with van der Waals surface area (Å²) in [4.78, 5) is 18.9. The van der Waals surface area contributed by atoms with E-state index in [0.29, 0.717) is 40.7 Å². The number of aromatic nitrogens is 2. The molecule has 8 nitrogen and oxygen atoms in total. The lowest BCUT2D eigenvalue weighted by Gasteiger charge is -2.12. The van der Waals surface area contributed by atoms with E-state index in [0.717, 1.165) is 0 Å². The Morgan fingerprint density at radius 2 is 1.79 bits per heavy atom. The van der Waals surface area contributed by atoms with Gasteiger partial charge in [0.25, 0.3) is 15.6 Å². The second-order valence-electron chi connectivity index (χ2n) is 6.14. The summed E-state index contributed by atoms with van der Waals surface area (Å²) in [5.41, 5.74) is 1.31. The minimum absolute atomic E-state index is 0.0278. The first-order valence-corrected chi connectivity index (χ1v) is 10.3. The van der Waals surface area contributed by atoms with Gasteiger partial charge in [0.2, 0.25) is 0 Å². The molecule has 9 heteroatoms. The van der Waals surface area contributed by atoms with E-state index < -0.39 is 10.0 Å². The predicted molar refractivity (Wildman–Crippen MR) is 110 cm³/mol. The third kappa shape index (κ3) is 4.57. The molecule has 0 aliphatic carbocycles. The van der Waals surface area contributed by atoms with E-state index in [2.05, 4.69) is 14.7 Å². The number of hydrogen-bond acceptors (Lipinski definition) is 6. The highest BCUT2D eigenvalue weighted by molar-refractivity contribution is 7.92. The molecule has 0 saturated carbocycles. The molecule has 0 aliphatic rings. The van der Waals surface area contributed by atoms with Crippen molar-refractivity contribution in [3.63, 3.8) is 0 Å². The topological polar surface area (TPSA) is 110 Å². The maximum atomic E-state index is 12.8. The van der Waals surface area contributed by atoms with Crippen LogP contribution in [0.2, 0.25) is 0 Å². The molecule has 2 aromatic carbocycles. The molecule has 0 bridgehead atoms. The molecular weight excluding hydrogens is 394 g/mol. The Kier molecular flexibility index (Phi) is 5.88. The summed E-state index contributed by atoms with van der Waals surface area (Å²) in [6.07, 6.45) is 0.614. The van der Waals surface area contributed by atoms with Crippen molar-refractivity contribution in [2.45, 2.75) is 18.2 Å². The largest absolute Gasteiger partial charge is 0.493 e. The van der Waals surface area contributed by atoms with Crippen molar-refractivity contribution in [3.05, 3.63) is 64.6 Å². The molecule has 1 heterocycles. The van der Waals surface area contributed by atoms with Gasteiger partial charge in [-0.15, -0.1) is 0 Å². The van der Waals surface area contributed by atoms with Crippen molar-refractivity contribution in [1.82, 2.24) is 9.97 Å². The zero-order valence-corrected chi connectivity index (χ0v) is 17.0. The highest BCUT2D eigenvalue weighted by Gasteiger charge is 2.17. The van der Waals surface area contributed by atoms with E-state index in [1.165, 1.54) is 38.5 Å². The fourth-order valence-corrected chi connectivity index (χ4v) is 3.82. The van der Waals surface area contributed by atoms with Gasteiger partial charge in [-0.2, -0.15) is 0 Å². The molecule has 0 unspecified atom stereocenters. The quantitative estimate of drug-likeness (QED) is 0.614. The maximum absolute atomic E-state index is 12.8. The van der Waals surface area contributed by atoms with E-state index in [1.54, 1.807) is 24.3 Å². The number of benzene rings is 2. The molecule has 2 N–H and O–H groups in total. The third-order valence-corrected chi connectivity index (χ3v) is 5.59. The zero-order chi connectivity index (χ0) is 21.0. The number of rotatable bonds is 7. The van der Waals surface area contributed by atoms with Crippen LogP contribution in [0.4, 0.5) is 5.69 Å². The van der Waals surface area contributed by atoms with Crippen LogP contribution in [0.1, 0.15) is 12.6 Å². The summed E-state index contributed by atoms with van der Waals surface area (Å²) in [7, 11) is -0.961. The average molecular weight is 415 g/mol. The molecule has 0 radical (unpaired) electrons. The van der Waals surface area contributed by atoms with Gasteiger partial charge in [0.05, 0.1) is 19.1 Å². The Morgan fingerprint density at radius 3 is 2.48 bits per heavy atom. The van der Waals surface area contributed by atoms with Gasteiger partial charge in [0.15, 0.2) is 11.5 Å². The number of nitrogens with zero attached hydrogens (tertiary/aromatic N) is 1. The highest BCUT2D eigenvalue weighted by Crippen LogP contribution is 2.30. The van der Waals surface area contributed by atoms with Crippen LogP contribution in [0.25, 0.3) is 11.4 Å². The predicted octanol–water partition coefficient (Wildman–Crippen LogP) is 2.82. The molecule has 0 fully saturated rings. The molecule has 152 valence electrons. The first-order chi connectivity index (χ1) is 13.9. The summed E-state index contributed by atoms with van der Waals surface area (Å²) in [6, 6.07) is 12.4. The Bertz CT molecular complexity index is 1190. The molecule has 0 saturated heterocycles. The van der Waals surface area contributed by atoms with Crippen molar-refractivity contribution in [1.29, 1.82) is 0 Å². The van der Waals surface area contributed by atoms with Gasteiger partial charge in [0.1, 0.15) is 5.82 Å². The minimum atomic E-state index is -3.87. The Balaban J connectivity index is 1.94. The molecular formula is C20H21N3O5S. The zero-order valence-electron chi connectivity index (χ0n) is 16.2. The molecule has 1 aromatic heterocycles. The highest BCUT2D eigenvalue weighted by atomic mass is 32.2. The fourth-order valence-electron chi connectivity index (χ4n) is 2.75. The lowest BCUT2D eigenvalue weighted by atomic mass is 10.2. The van der Waals surface area contributed by atoms with E-state index in [-0.39, 0.29) is 10.5 Å². The van der Waals surface area contributed by atoms with Gasteiger partial charge in [0, 0.05) is 29.1 Å². The van der Waals surface area contributed by atoms with Crippen LogP contribution in [-0.4, -0.2) is 32.6 Å². The first-order valence-electron chi connectivity index (χ1n) is 8.82. The summed E-state index contributed by atoms with van der Waals surface area (Å²) in [5, 5.41) is 0. The summed E-state index contributed by atoms with van der Waals surface area (Å²) >= 11 is 0. The Morgan fingerprint density at radius 1 is 1.03 bits per heavy atom. The number of aryl methyl sites for hydroxylation is 1. The van der Waals surface area contributed by atoms with E-state index in [4.69, 9.17) is 9.47 Å². The van der Waals surface area contributed by atoms with Gasteiger partial charge >= 0.3 is 0 Å². The average Bonchev–Trinajstić information content (AvgIpc) is 2.72. The molecule has 0 aliphatic heterocycles. The Labute approximate surface area is 168 Å². The van der Waals surface area contributed by atoms with Gasteiger partial charge < -0.3 is 14.5 Å². The van der Waals surface area contributed by atoms with Gasteiger partial charge in [-0.1, -0.05) is 19.1 Å². The molecule has 0 spiro atoms. The number of methoxy groups -OCH3 is 2. The number of H-pyrrole nitrogens is 1. The Hall–Kier alpha value is -3.33. The van der Waals surface area contributed by atoms with Crippen LogP contribution in [0.5, 0.6) is 11.5 Å². The van der Waals surface area contributed by atoms with Crippen molar-refractivity contribution < 1.29 is 17.9 Å². The summed E-state index contributed by atoms with van der Waals surface area (Å²) in [6.45, 7) is 1.90. The van der Waals surface area contributed by atoms with Crippen LogP contribution in [0.3, 0.4) is 0 Å². The SMILES string of the molecule is CCc1cc(=O)[nH]c(-c2cccc(NS(=O)(=O)c3ccc(OC)c(OC)c3)c2)n1. The summed E-state index contributed by atoms with van der Waals surface area (Å²) < 4.78 is 38.4. The lowest BCUT2D eigenvalue weighted by molar-refractivity contribution is 0.354. The monoisotopic (exact) mass is 415 g/mol. The fraction of sp³-hybridized carbons (Fsp3) is 0.200. The minimum Gasteiger partial charge on any atom is -0.493 e. The van der Waals surface area contributed by atoms with Crippen molar-refractivity contribution in [3.8, 4) is 22.9 Å².